The van der Waals surface area contributed by atoms with E-state index in [1.54, 1.807) is 4.90 Å². The lowest BCUT2D eigenvalue weighted by Crippen LogP contribution is -2.48. The second kappa shape index (κ2) is 7.99. The molecule has 2 aliphatic rings. The first kappa shape index (κ1) is 18.0. The minimum absolute atomic E-state index is 0.0352. The molecule has 0 aromatic carbocycles. The van der Waals surface area contributed by atoms with Crippen molar-refractivity contribution in [2.24, 2.45) is 5.92 Å². The van der Waals surface area contributed by atoms with Crippen LogP contribution in [0.25, 0.3) is 0 Å². The number of alkyl halides is 1. The smallest absolute Gasteiger partial charge is 0.225 e. The van der Waals surface area contributed by atoms with Gasteiger partial charge in [-0.2, -0.15) is 0 Å². The van der Waals surface area contributed by atoms with E-state index in [0.29, 0.717) is 38.4 Å². The van der Waals surface area contributed by atoms with Crippen LogP contribution in [0.5, 0.6) is 0 Å². The Morgan fingerprint density at radius 2 is 1.96 bits per heavy atom. The van der Waals surface area contributed by atoms with Crippen LogP contribution in [0.15, 0.2) is 0 Å². The van der Waals surface area contributed by atoms with E-state index in [4.69, 9.17) is 11.6 Å². The van der Waals surface area contributed by atoms with Crippen LogP contribution in [0, 0.1) is 5.92 Å². The maximum atomic E-state index is 12.4. The van der Waals surface area contributed by atoms with Crippen LogP contribution in [0.4, 0.5) is 0 Å². The summed E-state index contributed by atoms with van der Waals surface area (Å²) >= 11 is 5.60. The van der Waals surface area contributed by atoms with Crippen LogP contribution in [-0.4, -0.2) is 65.1 Å². The minimum atomic E-state index is -0.249. The molecule has 0 aromatic rings. The maximum absolute atomic E-state index is 12.4. The van der Waals surface area contributed by atoms with Gasteiger partial charge in [0.15, 0.2) is 0 Å². The number of carbonyl (C=O) groups is 3. The predicted molar refractivity (Wildman–Crippen MR) is 88.0 cm³/mol. The van der Waals surface area contributed by atoms with Crippen LogP contribution in [0.2, 0.25) is 0 Å². The summed E-state index contributed by atoms with van der Waals surface area (Å²) in [5.41, 5.74) is 0. The lowest BCUT2D eigenvalue weighted by atomic mass is 10.0. The van der Waals surface area contributed by atoms with Gasteiger partial charge in [-0.05, 0) is 26.7 Å². The Morgan fingerprint density at radius 1 is 1.30 bits per heavy atom. The Morgan fingerprint density at radius 3 is 2.48 bits per heavy atom. The monoisotopic (exact) mass is 343 g/mol. The third kappa shape index (κ3) is 4.59. The molecule has 2 fully saturated rings. The Labute approximate surface area is 142 Å². The van der Waals surface area contributed by atoms with E-state index in [1.165, 1.54) is 0 Å². The van der Waals surface area contributed by atoms with E-state index in [9.17, 15) is 14.4 Å². The van der Waals surface area contributed by atoms with Gasteiger partial charge in [0.25, 0.3) is 0 Å². The normalized spacial score (nSPS) is 22.8. The topological polar surface area (TPSA) is 69.7 Å². The number of nitrogens with one attached hydrogen (secondary N) is 1. The molecule has 6 nitrogen and oxygen atoms in total. The third-order valence-electron chi connectivity index (χ3n) is 4.65. The lowest BCUT2D eigenvalue weighted by molar-refractivity contribution is -0.132. The Balaban J connectivity index is 1.77. The van der Waals surface area contributed by atoms with Crippen molar-refractivity contribution < 1.29 is 14.4 Å². The van der Waals surface area contributed by atoms with Gasteiger partial charge in [-0.15, -0.1) is 11.6 Å². The Hall–Kier alpha value is -1.30. The van der Waals surface area contributed by atoms with Crippen LogP contribution in [-0.2, 0) is 14.4 Å². The first-order valence-corrected chi connectivity index (χ1v) is 8.89. The van der Waals surface area contributed by atoms with E-state index in [2.05, 4.69) is 5.32 Å². The summed E-state index contributed by atoms with van der Waals surface area (Å²) in [7, 11) is 0. The number of rotatable bonds is 5. The zero-order valence-electron chi connectivity index (χ0n) is 13.9. The van der Waals surface area contributed by atoms with Gasteiger partial charge in [-0.3, -0.25) is 14.4 Å². The summed E-state index contributed by atoms with van der Waals surface area (Å²) in [4.78, 5) is 39.6. The SMILES string of the molecule is CC(C)N1CC(C(=O)NC2CCN(C(=O)CCCl)CC2)CC1=O. The van der Waals surface area contributed by atoms with Gasteiger partial charge in [0, 0.05) is 50.4 Å². The van der Waals surface area contributed by atoms with Crippen molar-refractivity contribution in [3.05, 3.63) is 0 Å². The largest absolute Gasteiger partial charge is 0.353 e. The molecule has 2 rings (SSSR count). The highest BCUT2D eigenvalue weighted by molar-refractivity contribution is 6.18. The summed E-state index contributed by atoms with van der Waals surface area (Å²) in [6.45, 7) is 5.75. The van der Waals surface area contributed by atoms with Gasteiger partial charge in [0.05, 0.1) is 5.92 Å². The highest BCUT2D eigenvalue weighted by Crippen LogP contribution is 2.21. The summed E-state index contributed by atoms with van der Waals surface area (Å²) in [5.74, 6) is 0.200. The first-order chi connectivity index (χ1) is 10.9. The molecule has 3 amide bonds. The summed E-state index contributed by atoms with van der Waals surface area (Å²) in [6, 6.07) is 0.224. The van der Waals surface area contributed by atoms with Gasteiger partial charge in [-0.1, -0.05) is 0 Å². The van der Waals surface area contributed by atoms with Crippen molar-refractivity contribution in [1.29, 1.82) is 0 Å². The van der Waals surface area contributed by atoms with Gasteiger partial charge in [0.1, 0.15) is 0 Å². The van der Waals surface area contributed by atoms with Crippen LogP contribution in [0.3, 0.4) is 0 Å². The molecule has 1 unspecified atom stereocenters. The molecule has 0 aliphatic carbocycles. The molecule has 7 heteroatoms. The number of nitrogens with zero attached hydrogens (tertiary/aromatic N) is 2. The number of halogens is 1. The van der Waals surface area contributed by atoms with Gasteiger partial charge in [0.2, 0.25) is 17.7 Å². The molecule has 23 heavy (non-hydrogen) atoms. The van der Waals surface area contributed by atoms with Crippen molar-refractivity contribution in [1.82, 2.24) is 15.1 Å². The summed E-state index contributed by atoms with van der Waals surface area (Å²) < 4.78 is 0. The summed E-state index contributed by atoms with van der Waals surface area (Å²) in [5, 5.41) is 3.05. The second-order valence-electron chi connectivity index (χ2n) is 6.64. The average molecular weight is 344 g/mol. The van der Waals surface area contributed by atoms with Crippen LogP contribution >= 0.6 is 11.6 Å². The molecule has 1 atom stereocenters. The van der Waals surface area contributed by atoms with Gasteiger partial charge < -0.3 is 15.1 Å². The van der Waals surface area contributed by atoms with E-state index < -0.39 is 0 Å². The average Bonchev–Trinajstić information content (AvgIpc) is 2.90. The number of hydrogen-bond acceptors (Lipinski definition) is 3. The van der Waals surface area contributed by atoms with Crippen LogP contribution < -0.4 is 5.32 Å². The Kier molecular flexibility index (Phi) is 6.27. The van der Waals surface area contributed by atoms with Crippen molar-refractivity contribution in [3.8, 4) is 0 Å². The standard InChI is InChI=1S/C16H26ClN3O3/c1-11(2)20-10-12(9-15(20)22)16(23)18-13-4-7-19(8-5-13)14(21)3-6-17/h11-13H,3-10H2,1-2H3,(H,18,23). The fraction of sp³-hybridized carbons (Fsp3) is 0.812. The highest BCUT2D eigenvalue weighted by Gasteiger charge is 2.36. The zero-order valence-corrected chi connectivity index (χ0v) is 14.6. The number of carbonyl (C=O) groups excluding carboxylic acids is 3. The molecule has 2 heterocycles. The molecule has 0 radical (unpaired) electrons. The fourth-order valence-electron chi connectivity index (χ4n) is 3.24. The molecule has 1 N–H and O–H groups in total. The molecule has 130 valence electrons. The maximum Gasteiger partial charge on any atom is 0.225 e. The first-order valence-electron chi connectivity index (χ1n) is 8.36. The molecular weight excluding hydrogens is 318 g/mol. The second-order valence-corrected chi connectivity index (χ2v) is 7.02. The van der Waals surface area contributed by atoms with Crippen molar-refractivity contribution in [2.45, 2.75) is 51.6 Å². The molecule has 0 bridgehead atoms. The minimum Gasteiger partial charge on any atom is -0.353 e. The molecular formula is C16H26ClN3O3. The van der Waals surface area contributed by atoms with Gasteiger partial charge >= 0.3 is 0 Å². The molecule has 0 saturated carbocycles. The van der Waals surface area contributed by atoms with E-state index >= 15 is 0 Å². The molecule has 0 aromatic heterocycles. The quantitative estimate of drug-likeness (QED) is 0.756. The third-order valence-corrected chi connectivity index (χ3v) is 4.84. The number of hydrogen-bond donors (Lipinski definition) is 1. The highest BCUT2D eigenvalue weighted by atomic mass is 35.5. The van der Waals surface area contributed by atoms with Crippen molar-refractivity contribution in [3.63, 3.8) is 0 Å². The lowest BCUT2D eigenvalue weighted by Gasteiger charge is -2.32. The van der Waals surface area contributed by atoms with E-state index in [0.717, 1.165) is 12.8 Å². The molecule has 2 aliphatic heterocycles. The van der Waals surface area contributed by atoms with Crippen molar-refractivity contribution >= 4 is 29.3 Å². The number of likely N-dealkylation sites (tertiary alicyclic amines) is 2. The zero-order chi connectivity index (χ0) is 17.0. The predicted octanol–water partition coefficient (Wildman–Crippen LogP) is 0.979. The number of piperidine rings is 1. The Bertz CT molecular complexity index is 461. The molecule has 2 saturated heterocycles. The van der Waals surface area contributed by atoms with E-state index in [1.807, 2.05) is 18.7 Å². The van der Waals surface area contributed by atoms with Gasteiger partial charge in [-0.25, -0.2) is 0 Å². The van der Waals surface area contributed by atoms with E-state index in [-0.39, 0.29) is 35.7 Å². The molecule has 0 spiro atoms. The summed E-state index contributed by atoms with van der Waals surface area (Å²) in [6.07, 6.45) is 2.19. The number of amides is 3. The van der Waals surface area contributed by atoms with Crippen LogP contribution in [0.1, 0.15) is 39.5 Å². The van der Waals surface area contributed by atoms with Crippen molar-refractivity contribution in [2.75, 3.05) is 25.5 Å². The fourth-order valence-corrected chi connectivity index (χ4v) is 3.40.